The van der Waals surface area contributed by atoms with Gasteiger partial charge in [0.15, 0.2) is 0 Å². The van der Waals surface area contributed by atoms with E-state index in [0.29, 0.717) is 11.4 Å². The maximum Gasteiger partial charge on any atom is 0.345 e. The number of aryl methyl sites for hydroxylation is 1. The van der Waals surface area contributed by atoms with Crippen LogP contribution in [0.2, 0.25) is 0 Å². The molecule has 0 aliphatic rings. The Balaban J connectivity index is 2.20. The second kappa shape index (κ2) is 4.81. The van der Waals surface area contributed by atoms with Crippen molar-refractivity contribution in [3.05, 3.63) is 58.4 Å². The van der Waals surface area contributed by atoms with Gasteiger partial charge in [-0.15, -0.1) is 0 Å². The molecule has 0 aliphatic heterocycles. The summed E-state index contributed by atoms with van der Waals surface area (Å²) in [5, 5.41) is 0.765. The number of nitrogens with zero attached hydrogens (tertiary/aromatic N) is 1. The lowest BCUT2D eigenvalue weighted by atomic mass is 10.1. The van der Waals surface area contributed by atoms with E-state index in [2.05, 4.69) is 4.98 Å². The highest BCUT2D eigenvalue weighted by Gasteiger charge is 2.09. The van der Waals surface area contributed by atoms with Crippen LogP contribution in [0.15, 0.2) is 51.7 Å². The molecular formula is C16H13NO3. The molecule has 20 heavy (non-hydrogen) atoms. The Morgan fingerprint density at radius 1 is 1.10 bits per heavy atom. The number of benzene rings is 1. The van der Waals surface area contributed by atoms with Gasteiger partial charge in [0.1, 0.15) is 0 Å². The molecule has 3 aromatic rings. The average molecular weight is 267 g/mol. The first-order valence-corrected chi connectivity index (χ1v) is 6.23. The summed E-state index contributed by atoms with van der Waals surface area (Å²) in [4.78, 5) is 16.2. The summed E-state index contributed by atoms with van der Waals surface area (Å²) in [5.41, 5.74) is 2.39. The average Bonchev–Trinajstić information content (AvgIpc) is 2.47. The van der Waals surface area contributed by atoms with E-state index in [0.717, 1.165) is 16.5 Å². The zero-order chi connectivity index (χ0) is 14.1. The minimum Gasteiger partial charge on any atom is -0.481 e. The molecule has 0 radical (unpaired) electrons. The third-order valence-corrected chi connectivity index (χ3v) is 3.14. The molecule has 4 heteroatoms. The highest BCUT2D eigenvalue weighted by molar-refractivity contribution is 5.79. The Bertz CT molecular complexity index is 819. The molecule has 100 valence electrons. The summed E-state index contributed by atoms with van der Waals surface area (Å²) in [7, 11) is 1.52. The second-order valence-electron chi connectivity index (χ2n) is 4.56. The number of aromatic nitrogens is 1. The van der Waals surface area contributed by atoms with Gasteiger partial charge in [0.25, 0.3) is 0 Å². The molecular weight excluding hydrogens is 254 g/mol. The predicted molar refractivity (Wildman–Crippen MR) is 77.0 cm³/mol. The molecule has 0 N–H and O–H groups in total. The molecule has 0 saturated heterocycles. The van der Waals surface area contributed by atoms with Crippen molar-refractivity contribution >= 4 is 11.1 Å². The topological polar surface area (TPSA) is 52.3 Å². The largest absolute Gasteiger partial charge is 0.481 e. The van der Waals surface area contributed by atoms with Crippen LogP contribution in [0.3, 0.4) is 0 Å². The summed E-state index contributed by atoms with van der Waals surface area (Å²) in [5.74, 6) is 0.420. The van der Waals surface area contributed by atoms with Gasteiger partial charge in [-0.3, -0.25) is 0 Å². The first-order valence-electron chi connectivity index (χ1n) is 6.23. The summed E-state index contributed by atoms with van der Waals surface area (Å²) in [6.45, 7) is 2.00. The maximum atomic E-state index is 12.1. The molecule has 2 aromatic heterocycles. The van der Waals surface area contributed by atoms with E-state index < -0.39 is 5.63 Å². The lowest BCUT2D eigenvalue weighted by Crippen LogP contribution is -2.03. The molecule has 0 unspecified atom stereocenters. The van der Waals surface area contributed by atoms with E-state index in [1.165, 1.54) is 7.11 Å². The van der Waals surface area contributed by atoms with Crippen LogP contribution in [-0.4, -0.2) is 12.1 Å². The molecule has 0 aliphatic carbocycles. The lowest BCUT2D eigenvalue weighted by Gasteiger charge is -2.04. The van der Waals surface area contributed by atoms with Crippen molar-refractivity contribution in [1.29, 1.82) is 0 Å². The molecule has 3 rings (SSSR count). The van der Waals surface area contributed by atoms with Crippen molar-refractivity contribution in [3.63, 3.8) is 0 Å². The Morgan fingerprint density at radius 3 is 2.55 bits per heavy atom. The Hall–Kier alpha value is -2.62. The molecule has 0 fully saturated rings. The third-order valence-electron chi connectivity index (χ3n) is 3.14. The van der Waals surface area contributed by atoms with Crippen LogP contribution < -0.4 is 10.4 Å². The Kier molecular flexibility index (Phi) is 2.99. The molecule has 2 heterocycles. The second-order valence-corrected chi connectivity index (χ2v) is 4.56. The quantitative estimate of drug-likeness (QED) is 0.715. The van der Waals surface area contributed by atoms with Gasteiger partial charge in [0, 0.05) is 11.5 Å². The summed E-state index contributed by atoms with van der Waals surface area (Å²) in [6.07, 6.45) is 0. The van der Waals surface area contributed by atoms with Gasteiger partial charge in [0.05, 0.1) is 12.7 Å². The van der Waals surface area contributed by atoms with Gasteiger partial charge in [-0.25, -0.2) is 4.79 Å². The number of methoxy groups -OCH3 is 1. The van der Waals surface area contributed by atoms with E-state index >= 15 is 0 Å². The van der Waals surface area contributed by atoms with Crippen molar-refractivity contribution in [2.45, 2.75) is 6.92 Å². The van der Waals surface area contributed by atoms with Crippen LogP contribution in [0.5, 0.6) is 5.88 Å². The van der Waals surface area contributed by atoms with Crippen molar-refractivity contribution in [1.82, 2.24) is 4.98 Å². The highest BCUT2D eigenvalue weighted by Crippen LogP contribution is 2.22. The van der Waals surface area contributed by atoms with Crippen LogP contribution in [0.1, 0.15) is 5.56 Å². The summed E-state index contributed by atoms with van der Waals surface area (Å²) in [6, 6.07) is 13.1. The first-order chi connectivity index (χ1) is 9.67. The Morgan fingerprint density at radius 2 is 1.85 bits per heavy atom. The van der Waals surface area contributed by atoms with Gasteiger partial charge < -0.3 is 9.15 Å². The van der Waals surface area contributed by atoms with Crippen LogP contribution in [0.4, 0.5) is 0 Å². The van der Waals surface area contributed by atoms with Crippen molar-refractivity contribution in [2.24, 2.45) is 0 Å². The van der Waals surface area contributed by atoms with Crippen LogP contribution >= 0.6 is 0 Å². The van der Waals surface area contributed by atoms with Crippen molar-refractivity contribution in [3.8, 4) is 17.0 Å². The number of pyridine rings is 1. The molecule has 0 atom stereocenters. The zero-order valence-electron chi connectivity index (χ0n) is 11.2. The number of hydrogen-bond donors (Lipinski definition) is 0. The van der Waals surface area contributed by atoms with E-state index in [9.17, 15) is 4.79 Å². The normalized spacial score (nSPS) is 10.7. The third kappa shape index (κ3) is 2.16. The van der Waals surface area contributed by atoms with E-state index in [-0.39, 0.29) is 5.71 Å². The van der Waals surface area contributed by atoms with Gasteiger partial charge >= 0.3 is 5.63 Å². The van der Waals surface area contributed by atoms with Crippen molar-refractivity contribution in [2.75, 3.05) is 7.11 Å². The Labute approximate surface area is 115 Å². The van der Waals surface area contributed by atoms with E-state index in [1.54, 1.807) is 12.1 Å². The van der Waals surface area contributed by atoms with Gasteiger partial charge in [-0.2, -0.15) is 4.98 Å². The highest BCUT2D eigenvalue weighted by atomic mass is 16.5. The number of hydrogen-bond acceptors (Lipinski definition) is 4. The lowest BCUT2D eigenvalue weighted by molar-refractivity contribution is 0.396. The van der Waals surface area contributed by atoms with Crippen LogP contribution in [0.25, 0.3) is 22.2 Å². The minimum absolute atomic E-state index is 0.283. The van der Waals surface area contributed by atoms with Crippen molar-refractivity contribution < 1.29 is 9.15 Å². The standard InChI is InChI=1S/C16H13NO3/c1-10-3-5-11(6-4-10)13-9-12-7-8-14(19-2)17-15(12)20-16(13)18/h3-9H,1-2H3. The van der Waals surface area contributed by atoms with Crippen LogP contribution in [-0.2, 0) is 0 Å². The fourth-order valence-electron chi connectivity index (χ4n) is 2.03. The van der Waals surface area contributed by atoms with E-state index in [4.69, 9.17) is 9.15 Å². The van der Waals surface area contributed by atoms with Gasteiger partial charge in [-0.1, -0.05) is 29.8 Å². The smallest absolute Gasteiger partial charge is 0.345 e. The number of ether oxygens (including phenoxy) is 1. The van der Waals surface area contributed by atoms with Crippen LogP contribution in [0, 0.1) is 6.92 Å². The van der Waals surface area contributed by atoms with Gasteiger partial charge in [0.2, 0.25) is 11.6 Å². The number of rotatable bonds is 2. The fraction of sp³-hybridized carbons (Fsp3) is 0.125. The molecule has 0 saturated carbocycles. The first kappa shape index (κ1) is 12.4. The molecule has 0 amide bonds. The van der Waals surface area contributed by atoms with E-state index in [1.807, 2.05) is 37.3 Å². The molecule has 0 bridgehead atoms. The monoisotopic (exact) mass is 267 g/mol. The fourth-order valence-corrected chi connectivity index (χ4v) is 2.03. The summed E-state index contributed by atoms with van der Waals surface area (Å²) < 4.78 is 10.3. The molecule has 4 nitrogen and oxygen atoms in total. The zero-order valence-corrected chi connectivity index (χ0v) is 11.2. The molecule has 1 aromatic carbocycles. The maximum absolute atomic E-state index is 12.1. The minimum atomic E-state index is -0.401. The van der Waals surface area contributed by atoms with Gasteiger partial charge in [-0.05, 0) is 24.6 Å². The molecule has 0 spiro atoms. The SMILES string of the molecule is COc1ccc2cc(-c3ccc(C)cc3)c(=O)oc2n1. The predicted octanol–water partition coefficient (Wildman–Crippen LogP) is 3.17. The summed E-state index contributed by atoms with van der Waals surface area (Å²) >= 11 is 0. The number of fused-ring (bicyclic) bond motifs is 1.